The molecule has 1 unspecified atom stereocenters. The minimum absolute atomic E-state index is 0.129. The van der Waals surface area contributed by atoms with Crippen LogP contribution < -0.4 is 5.32 Å². The summed E-state index contributed by atoms with van der Waals surface area (Å²) >= 11 is 3.14. The van der Waals surface area contributed by atoms with Gasteiger partial charge < -0.3 is 5.32 Å². The zero-order valence-electron chi connectivity index (χ0n) is 11.3. The van der Waals surface area contributed by atoms with Gasteiger partial charge in [0.25, 0.3) is 0 Å². The van der Waals surface area contributed by atoms with Gasteiger partial charge in [0, 0.05) is 17.6 Å². The first-order valence-electron chi connectivity index (χ1n) is 6.55. The second-order valence-corrected chi connectivity index (χ2v) is 7.76. The van der Waals surface area contributed by atoms with Crippen molar-refractivity contribution in [3.05, 3.63) is 28.5 Å². The largest absolute Gasteiger partial charge is 0.319 e. The van der Waals surface area contributed by atoms with E-state index < -0.39 is 15.8 Å². The van der Waals surface area contributed by atoms with Crippen LogP contribution in [0.1, 0.15) is 12.8 Å². The van der Waals surface area contributed by atoms with Gasteiger partial charge in [-0.3, -0.25) is 0 Å². The van der Waals surface area contributed by atoms with Crippen molar-refractivity contribution >= 4 is 26.0 Å². The van der Waals surface area contributed by atoms with Crippen LogP contribution >= 0.6 is 15.9 Å². The van der Waals surface area contributed by atoms with E-state index in [-0.39, 0.29) is 9.37 Å². The summed E-state index contributed by atoms with van der Waals surface area (Å²) in [5.41, 5.74) is 0. The van der Waals surface area contributed by atoms with Crippen LogP contribution in [0.15, 0.2) is 27.6 Å². The first kappa shape index (κ1) is 15.9. The van der Waals surface area contributed by atoms with Crippen LogP contribution in [0.3, 0.4) is 0 Å². The van der Waals surface area contributed by atoms with Crippen molar-refractivity contribution in [1.82, 2.24) is 9.62 Å². The van der Waals surface area contributed by atoms with E-state index in [0.717, 1.165) is 19.4 Å². The van der Waals surface area contributed by atoms with E-state index in [1.807, 2.05) is 7.05 Å². The molecule has 1 fully saturated rings. The average molecular weight is 365 g/mol. The summed E-state index contributed by atoms with van der Waals surface area (Å²) in [6.45, 7) is 1.83. The summed E-state index contributed by atoms with van der Waals surface area (Å²) in [4.78, 5) is 0.129. The van der Waals surface area contributed by atoms with Gasteiger partial charge in [0.1, 0.15) is 5.82 Å². The van der Waals surface area contributed by atoms with Gasteiger partial charge in [-0.1, -0.05) is 0 Å². The molecule has 2 rings (SSSR count). The molecule has 1 aliphatic rings. The number of nitrogens with zero attached hydrogens (tertiary/aromatic N) is 1. The molecule has 112 valence electrons. The molecular weight excluding hydrogens is 347 g/mol. The molecule has 0 spiro atoms. The Morgan fingerprint density at radius 1 is 1.50 bits per heavy atom. The van der Waals surface area contributed by atoms with Gasteiger partial charge in [0.05, 0.1) is 4.90 Å². The maximum Gasteiger partial charge on any atom is 0.244 e. The minimum atomic E-state index is -3.57. The molecule has 0 aliphatic carbocycles. The van der Waals surface area contributed by atoms with Crippen molar-refractivity contribution in [2.75, 3.05) is 26.7 Å². The molecule has 0 amide bonds. The third-order valence-corrected chi connectivity index (χ3v) is 6.33. The van der Waals surface area contributed by atoms with Gasteiger partial charge >= 0.3 is 0 Å². The molecule has 4 nitrogen and oxygen atoms in total. The fourth-order valence-electron chi connectivity index (χ4n) is 2.52. The lowest BCUT2D eigenvalue weighted by molar-refractivity contribution is 0.263. The van der Waals surface area contributed by atoms with E-state index in [1.54, 1.807) is 0 Å². The van der Waals surface area contributed by atoms with Crippen molar-refractivity contribution in [3.63, 3.8) is 0 Å². The Morgan fingerprint density at radius 3 is 2.90 bits per heavy atom. The number of hydrogen-bond donors (Lipinski definition) is 1. The zero-order valence-corrected chi connectivity index (χ0v) is 13.7. The summed E-state index contributed by atoms with van der Waals surface area (Å²) in [7, 11) is -1.70. The third-order valence-electron chi connectivity index (χ3n) is 3.49. The Kier molecular flexibility index (Phi) is 5.17. The molecular formula is C13H18BrFN2O2S. The number of hydrogen-bond acceptors (Lipinski definition) is 3. The minimum Gasteiger partial charge on any atom is -0.319 e. The lowest BCUT2D eigenvalue weighted by atomic mass is 10.00. The maximum atomic E-state index is 13.1. The first-order valence-corrected chi connectivity index (χ1v) is 8.78. The first-order chi connectivity index (χ1) is 9.45. The van der Waals surface area contributed by atoms with E-state index in [1.165, 1.54) is 22.5 Å². The fraction of sp³-hybridized carbons (Fsp3) is 0.538. The number of halogens is 2. The summed E-state index contributed by atoms with van der Waals surface area (Å²) in [5, 5.41) is 3.09. The number of rotatable bonds is 4. The summed E-state index contributed by atoms with van der Waals surface area (Å²) in [5.74, 6) is -0.134. The number of nitrogens with one attached hydrogen (secondary N) is 1. The fourth-order valence-corrected chi connectivity index (χ4v) is 5.09. The van der Waals surface area contributed by atoms with Crippen LogP contribution in [0.25, 0.3) is 0 Å². The maximum absolute atomic E-state index is 13.1. The quantitative estimate of drug-likeness (QED) is 0.890. The highest BCUT2D eigenvalue weighted by Crippen LogP contribution is 2.28. The van der Waals surface area contributed by atoms with E-state index in [2.05, 4.69) is 21.2 Å². The van der Waals surface area contributed by atoms with Crippen molar-refractivity contribution < 1.29 is 12.8 Å². The highest BCUT2D eigenvalue weighted by Gasteiger charge is 2.31. The van der Waals surface area contributed by atoms with Gasteiger partial charge in [0.15, 0.2) is 0 Å². The van der Waals surface area contributed by atoms with Gasteiger partial charge in [-0.2, -0.15) is 4.31 Å². The highest BCUT2D eigenvalue weighted by atomic mass is 79.9. The zero-order chi connectivity index (χ0) is 14.8. The van der Waals surface area contributed by atoms with Crippen LogP contribution in [-0.2, 0) is 10.0 Å². The predicted molar refractivity (Wildman–Crippen MR) is 79.5 cm³/mol. The highest BCUT2D eigenvalue weighted by molar-refractivity contribution is 9.10. The van der Waals surface area contributed by atoms with Crippen LogP contribution in [0, 0.1) is 11.7 Å². The molecule has 1 atom stereocenters. The molecule has 20 heavy (non-hydrogen) atoms. The normalized spacial score (nSPS) is 21.1. The van der Waals surface area contributed by atoms with E-state index >= 15 is 0 Å². The molecule has 1 aromatic rings. The lowest BCUT2D eigenvalue weighted by Gasteiger charge is -2.32. The molecule has 1 saturated heterocycles. The van der Waals surface area contributed by atoms with Crippen LogP contribution in [0.5, 0.6) is 0 Å². The number of piperidine rings is 1. The molecule has 0 saturated carbocycles. The van der Waals surface area contributed by atoms with Crippen LogP contribution in [-0.4, -0.2) is 39.4 Å². The molecule has 0 radical (unpaired) electrons. The van der Waals surface area contributed by atoms with Crippen molar-refractivity contribution in [2.45, 2.75) is 17.7 Å². The monoisotopic (exact) mass is 364 g/mol. The van der Waals surface area contributed by atoms with Crippen molar-refractivity contribution in [1.29, 1.82) is 0 Å². The molecule has 0 aromatic heterocycles. The second-order valence-electron chi connectivity index (χ2n) is 5.00. The molecule has 0 bridgehead atoms. The summed E-state index contributed by atoms with van der Waals surface area (Å²) in [6.07, 6.45) is 1.88. The van der Waals surface area contributed by atoms with E-state index in [9.17, 15) is 12.8 Å². The van der Waals surface area contributed by atoms with E-state index in [0.29, 0.717) is 19.0 Å². The van der Waals surface area contributed by atoms with Crippen LogP contribution in [0.4, 0.5) is 4.39 Å². The average Bonchev–Trinajstić information content (AvgIpc) is 2.39. The Labute approximate surface area is 127 Å². The molecule has 1 heterocycles. The summed E-state index contributed by atoms with van der Waals surface area (Å²) < 4.78 is 40.1. The predicted octanol–water partition coefficient (Wildman–Crippen LogP) is 2.21. The van der Waals surface area contributed by atoms with Gasteiger partial charge in [-0.15, -0.1) is 0 Å². The van der Waals surface area contributed by atoms with Crippen molar-refractivity contribution in [2.24, 2.45) is 5.92 Å². The number of sulfonamides is 1. The van der Waals surface area contributed by atoms with Crippen molar-refractivity contribution in [3.8, 4) is 0 Å². The van der Waals surface area contributed by atoms with Gasteiger partial charge in [-0.05, 0) is 66.5 Å². The van der Waals surface area contributed by atoms with Crippen LogP contribution in [0.2, 0.25) is 0 Å². The topological polar surface area (TPSA) is 49.4 Å². The molecule has 1 N–H and O–H groups in total. The number of benzene rings is 1. The third kappa shape index (κ3) is 3.39. The molecule has 1 aromatic carbocycles. The van der Waals surface area contributed by atoms with E-state index in [4.69, 9.17) is 0 Å². The second kappa shape index (κ2) is 6.51. The Bertz CT molecular complexity index is 578. The Morgan fingerprint density at radius 2 is 2.25 bits per heavy atom. The SMILES string of the molecule is CNCC1CCCN(S(=O)(=O)c2ccc(F)cc2Br)C1. The smallest absolute Gasteiger partial charge is 0.244 e. The Balaban J connectivity index is 2.25. The molecule has 7 heteroatoms. The Hall–Kier alpha value is -0.500. The molecule has 1 aliphatic heterocycles. The lowest BCUT2D eigenvalue weighted by Crippen LogP contribution is -2.42. The summed E-state index contributed by atoms with van der Waals surface area (Å²) in [6, 6.07) is 3.67. The van der Waals surface area contributed by atoms with Gasteiger partial charge in [-0.25, -0.2) is 12.8 Å². The standard InChI is InChI=1S/C13H18BrFN2O2S/c1-16-8-10-3-2-6-17(9-10)20(18,19)13-5-4-11(15)7-12(13)14/h4-5,7,10,16H,2-3,6,8-9H2,1H3. The van der Waals surface area contributed by atoms with Gasteiger partial charge in [0.2, 0.25) is 10.0 Å².